The second-order valence-electron chi connectivity index (χ2n) is 4.89. The van der Waals surface area contributed by atoms with Crippen LogP contribution in [0.3, 0.4) is 0 Å². The molecule has 0 aliphatic heterocycles. The van der Waals surface area contributed by atoms with Crippen molar-refractivity contribution in [2.45, 2.75) is 25.9 Å². The summed E-state index contributed by atoms with van der Waals surface area (Å²) in [6.07, 6.45) is 3.57. The molecule has 0 spiro atoms. The molecular formula is C16H19NO. The highest BCUT2D eigenvalue weighted by atomic mass is 16.3. The summed E-state index contributed by atoms with van der Waals surface area (Å²) in [6, 6.07) is 6.51. The van der Waals surface area contributed by atoms with Crippen LogP contribution in [0.4, 0.5) is 5.69 Å². The third-order valence-electron chi connectivity index (χ3n) is 3.08. The Morgan fingerprint density at radius 1 is 1.28 bits per heavy atom. The average Bonchev–Trinajstić information content (AvgIpc) is 2.35. The van der Waals surface area contributed by atoms with Gasteiger partial charge in [-0.2, -0.15) is 0 Å². The van der Waals surface area contributed by atoms with E-state index in [2.05, 4.69) is 55.1 Å². The number of aliphatic hydroxyl groups excluding tert-OH is 1. The molecule has 2 rings (SSSR count). The number of aliphatic hydroxyl groups is 1. The van der Waals surface area contributed by atoms with Crippen LogP contribution in [-0.4, -0.2) is 25.3 Å². The number of benzene rings is 1. The molecule has 2 nitrogen and oxygen atoms in total. The third kappa shape index (κ3) is 2.94. The first-order chi connectivity index (χ1) is 8.56. The second-order valence-corrected chi connectivity index (χ2v) is 4.89. The number of nitrogens with zero attached hydrogens (tertiary/aromatic N) is 1. The predicted octanol–water partition coefficient (Wildman–Crippen LogP) is 2.47. The van der Waals surface area contributed by atoms with E-state index in [1.165, 1.54) is 16.8 Å². The number of anilines is 1. The molecule has 1 aromatic carbocycles. The summed E-state index contributed by atoms with van der Waals surface area (Å²) in [5.41, 5.74) is 4.98. The van der Waals surface area contributed by atoms with Gasteiger partial charge in [-0.05, 0) is 49.1 Å². The first kappa shape index (κ1) is 12.7. The number of hydrogen-bond donors (Lipinski definition) is 1. The SMILES string of the molecule is CC(O)C#CC1=Cc2ccc(N(C)C)cc2CC1. The normalized spacial score (nSPS) is 15.0. The van der Waals surface area contributed by atoms with Crippen molar-refractivity contribution in [2.24, 2.45) is 0 Å². The fourth-order valence-electron chi connectivity index (χ4n) is 2.05. The minimum Gasteiger partial charge on any atom is -0.381 e. The molecule has 1 N–H and O–H groups in total. The van der Waals surface area contributed by atoms with Gasteiger partial charge in [-0.25, -0.2) is 0 Å². The first-order valence-corrected chi connectivity index (χ1v) is 6.26. The topological polar surface area (TPSA) is 23.5 Å². The van der Waals surface area contributed by atoms with E-state index in [4.69, 9.17) is 5.11 Å². The van der Waals surface area contributed by atoms with Crippen LogP contribution in [0.15, 0.2) is 23.8 Å². The lowest BCUT2D eigenvalue weighted by Gasteiger charge is -2.18. The number of allylic oxidation sites excluding steroid dienone is 1. The molecule has 1 aliphatic rings. The molecule has 0 radical (unpaired) electrons. The lowest BCUT2D eigenvalue weighted by Crippen LogP contribution is -2.10. The monoisotopic (exact) mass is 241 g/mol. The van der Waals surface area contributed by atoms with Crippen molar-refractivity contribution in [3.8, 4) is 11.8 Å². The zero-order chi connectivity index (χ0) is 13.1. The van der Waals surface area contributed by atoms with Crippen LogP contribution < -0.4 is 4.90 Å². The van der Waals surface area contributed by atoms with E-state index in [1.54, 1.807) is 6.92 Å². The summed E-state index contributed by atoms with van der Waals surface area (Å²) in [4.78, 5) is 2.12. The zero-order valence-electron chi connectivity index (χ0n) is 11.2. The van der Waals surface area contributed by atoms with Gasteiger partial charge in [0.05, 0.1) is 0 Å². The smallest absolute Gasteiger partial charge is 0.112 e. The standard InChI is InChI=1S/C16H19NO/c1-12(18)4-5-13-6-7-15-11-16(17(2)3)9-8-14(15)10-13/h8-12,18H,6-7H2,1-3H3. The van der Waals surface area contributed by atoms with E-state index >= 15 is 0 Å². The van der Waals surface area contributed by atoms with Gasteiger partial charge < -0.3 is 10.0 Å². The zero-order valence-corrected chi connectivity index (χ0v) is 11.2. The van der Waals surface area contributed by atoms with Crippen LogP contribution in [0, 0.1) is 11.8 Å². The number of rotatable bonds is 1. The molecule has 0 bridgehead atoms. The maximum atomic E-state index is 9.17. The molecule has 1 aliphatic carbocycles. The fourth-order valence-corrected chi connectivity index (χ4v) is 2.05. The number of hydrogen-bond acceptors (Lipinski definition) is 2. The van der Waals surface area contributed by atoms with Crippen LogP contribution in [0.5, 0.6) is 0 Å². The largest absolute Gasteiger partial charge is 0.381 e. The summed E-state index contributed by atoms with van der Waals surface area (Å²) in [5, 5.41) is 9.17. The van der Waals surface area contributed by atoms with E-state index in [0.717, 1.165) is 18.4 Å². The van der Waals surface area contributed by atoms with Crippen molar-refractivity contribution in [3.63, 3.8) is 0 Å². The van der Waals surface area contributed by atoms with Crippen LogP contribution >= 0.6 is 0 Å². The fraction of sp³-hybridized carbons (Fsp3) is 0.375. The minimum atomic E-state index is -0.552. The predicted molar refractivity (Wildman–Crippen MR) is 76.5 cm³/mol. The van der Waals surface area contributed by atoms with E-state index in [9.17, 15) is 0 Å². The highest BCUT2D eigenvalue weighted by molar-refractivity contribution is 5.67. The number of fused-ring (bicyclic) bond motifs is 1. The molecule has 94 valence electrons. The molecule has 0 heterocycles. The summed E-state index contributed by atoms with van der Waals surface area (Å²) in [6.45, 7) is 1.69. The van der Waals surface area contributed by atoms with Gasteiger partial charge in [-0.15, -0.1) is 0 Å². The third-order valence-corrected chi connectivity index (χ3v) is 3.08. The molecule has 0 fully saturated rings. The summed E-state index contributed by atoms with van der Waals surface area (Å²) >= 11 is 0. The second kappa shape index (κ2) is 5.29. The molecule has 0 aromatic heterocycles. The van der Waals surface area contributed by atoms with Crippen molar-refractivity contribution in [1.82, 2.24) is 0 Å². The van der Waals surface area contributed by atoms with Crippen molar-refractivity contribution in [1.29, 1.82) is 0 Å². The lowest BCUT2D eigenvalue weighted by molar-refractivity contribution is 0.253. The van der Waals surface area contributed by atoms with Gasteiger partial charge in [0.2, 0.25) is 0 Å². The number of aryl methyl sites for hydroxylation is 1. The summed E-state index contributed by atoms with van der Waals surface area (Å²) in [7, 11) is 4.11. The van der Waals surface area contributed by atoms with Crippen molar-refractivity contribution in [3.05, 3.63) is 34.9 Å². The molecule has 1 atom stereocenters. The van der Waals surface area contributed by atoms with Gasteiger partial charge in [-0.1, -0.05) is 17.9 Å². The van der Waals surface area contributed by atoms with Crippen LogP contribution in [0.2, 0.25) is 0 Å². The Morgan fingerprint density at radius 3 is 2.72 bits per heavy atom. The van der Waals surface area contributed by atoms with E-state index in [1.807, 2.05) is 0 Å². The minimum absolute atomic E-state index is 0.552. The summed E-state index contributed by atoms with van der Waals surface area (Å²) < 4.78 is 0. The Kier molecular flexibility index (Phi) is 3.74. The van der Waals surface area contributed by atoms with Gasteiger partial charge in [0.1, 0.15) is 6.10 Å². The van der Waals surface area contributed by atoms with Gasteiger partial charge >= 0.3 is 0 Å². The molecular weight excluding hydrogens is 222 g/mol. The Hall–Kier alpha value is -1.72. The van der Waals surface area contributed by atoms with Gasteiger partial charge in [0.25, 0.3) is 0 Å². The summed E-state index contributed by atoms with van der Waals surface area (Å²) in [5.74, 6) is 5.85. The quantitative estimate of drug-likeness (QED) is 0.763. The maximum absolute atomic E-state index is 9.17. The molecule has 2 heteroatoms. The molecule has 1 aromatic rings. The first-order valence-electron chi connectivity index (χ1n) is 6.26. The molecule has 0 amide bonds. The van der Waals surface area contributed by atoms with Crippen molar-refractivity contribution < 1.29 is 5.11 Å². The van der Waals surface area contributed by atoms with Crippen LogP contribution in [-0.2, 0) is 6.42 Å². The molecule has 1 unspecified atom stereocenters. The lowest BCUT2D eigenvalue weighted by atomic mass is 9.92. The van der Waals surface area contributed by atoms with E-state index < -0.39 is 6.10 Å². The van der Waals surface area contributed by atoms with E-state index in [0.29, 0.717) is 0 Å². The highest BCUT2D eigenvalue weighted by Gasteiger charge is 2.10. The van der Waals surface area contributed by atoms with Crippen molar-refractivity contribution in [2.75, 3.05) is 19.0 Å². The van der Waals surface area contributed by atoms with Gasteiger partial charge in [0.15, 0.2) is 0 Å². The highest BCUT2D eigenvalue weighted by Crippen LogP contribution is 2.27. The molecule has 0 saturated heterocycles. The Bertz CT molecular complexity index is 530. The van der Waals surface area contributed by atoms with Gasteiger partial charge in [-0.3, -0.25) is 0 Å². The Balaban J connectivity index is 2.28. The van der Waals surface area contributed by atoms with Crippen LogP contribution in [0.25, 0.3) is 6.08 Å². The van der Waals surface area contributed by atoms with Crippen molar-refractivity contribution >= 4 is 11.8 Å². The van der Waals surface area contributed by atoms with Gasteiger partial charge in [0, 0.05) is 25.4 Å². The van der Waals surface area contributed by atoms with Crippen LogP contribution in [0.1, 0.15) is 24.5 Å². The molecule has 18 heavy (non-hydrogen) atoms. The van der Waals surface area contributed by atoms with E-state index in [-0.39, 0.29) is 0 Å². The Labute approximate surface area is 109 Å². The average molecular weight is 241 g/mol. The maximum Gasteiger partial charge on any atom is 0.112 e. The molecule has 0 saturated carbocycles. The Morgan fingerprint density at radius 2 is 2.06 bits per heavy atom.